The number of nitrogens with one attached hydrogen (secondary N) is 2. The zero-order valence-electron chi connectivity index (χ0n) is 11.2. The summed E-state index contributed by atoms with van der Waals surface area (Å²) in [6.45, 7) is 4.87. The van der Waals surface area contributed by atoms with Crippen molar-refractivity contribution in [1.29, 1.82) is 0 Å². The fourth-order valence-corrected chi connectivity index (χ4v) is 2.10. The molecule has 4 nitrogen and oxygen atoms in total. The lowest BCUT2D eigenvalue weighted by molar-refractivity contribution is -0.120. The van der Waals surface area contributed by atoms with Gasteiger partial charge in [-0.1, -0.05) is 26.0 Å². The summed E-state index contributed by atoms with van der Waals surface area (Å²) in [5.41, 5.74) is 0.595. The van der Waals surface area contributed by atoms with E-state index >= 15 is 0 Å². The van der Waals surface area contributed by atoms with Gasteiger partial charge in [0.25, 0.3) is 5.91 Å². The molecule has 0 saturated heterocycles. The topological polar surface area (TPSA) is 58.2 Å². The molecule has 0 atom stereocenters. The molecule has 104 valence electrons. The lowest BCUT2D eigenvalue weighted by Crippen LogP contribution is -2.37. The van der Waals surface area contributed by atoms with Crippen molar-refractivity contribution in [3.05, 3.63) is 33.4 Å². The van der Waals surface area contributed by atoms with Gasteiger partial charge in [0, 0.05) is 10.1 Å². The van der Waals surface area contributed by atoms with Gasteiger partial charge < -0.3 is 10.6 Å². The first-order chi connectivity index (χ1) is 9.00. The molecule has 0 aliphatic carbocycles. The third kappa shape index (κ3) is 6.04. The van der Waals surface area contributed by atoms with E-state index in [0.717, 1.165) is 9.99 Å². The van der Waals surface area contributed by atoms with Crippen molar-refractivity contribution >= 4 is 34.4 Å². The molecule has 2 amide bonds. The van der Waals surface area contributed by atoms with Crippen LogP contribution in [0.1, 0.15) is 30.6 Å². The lowest BCUT2D eigenvalue weighted by atomic mass is 10.1. The van der Waals surface area contributed by atoms with Gasteiger partial charge in [-0.05, 0) is 47.1 Å². The Bertz CT molecular complexity index is 447. The normalized spacial score (nSPS) is 10.3. The fourth-order valence-electron chi connectivity index (χ4n) is 1.46. The molecule has 2 N–H and O–H groups in total. The van der Waals surface area contributed by atoms with E-state index in [2.05, 4.69) is 47.1 Å². The van der Waals surface area contributed by atoms with Crippen molar-refractivity contribution < 1.29 is 9.59 Å². The largest absolute Gasteiger partial charge is 0.355 e. The van der Waals surface area contributed by atoms with Crippen molar-refractivity contribution in [3.8, 4) is 0 Å². The molecule has 1 aromatic carbocycles. The van der Waals surface area contributed by atoms with Crippen molar-refractivity contribution in [2.75, 3.05) is 13.1 Å². The quantitative estimate of drug-likeness (QED) is 0.750. The molecular formula is C14H19IN2O2. The summed E-state index contributed by atoms with van der Waals surface area (Å²) in [6.07, 6.45) is 0.941. The molecule has 0 aliphatic heterocycles. The van der Waals surface area contributed by atoms with E-state index in [1.54, 1.807) is 12.1 Å². The first kappa shape index (κ1) is 15.9. The van der Waals surface area contributed by atoms with Crippen LogP contribution >= 0.6 is 22.6 Å². The van der Waals surface area contributed by atoms with E-state index < -0.39 is 0 Å². The second-order valence-corrected chi connectivity index (χ2v) is 5.86. The number of hydrogen-bond donors (Lipinski definition) is 2. The number of rotatable bonds is 6. The minimum Gasteiger partial charge on any atom is -0.355 e. The minimum absolute atomic E-state index is 0.0158. The van der Waals surface area contributed by atoms with Gasteiger partial charge in [0.2, 0.25) is 5.91 Å². The number of carbonyl (C=O) groups is 2. The maximum absolute atomic E-state index is 11.9. The van der Waals surface area contributed by atoms with Crippen LogP contribution in [0.3, 0.4) is 0 Å². The summed E-state index contributed by atoms with van der Waals surface area (Å²) >= 11 is 2.10. The van der Waals surface area contributed by atoms with Gasteiger partial charge >= 0.3 is 0 Å². The second kappa shape index (κ2) is 8.14. The molecule has 0 spiro atoms. The number of halogens is 1. The molecule has 0 aliphatic rings. The highest BCUT2D eigenvalue weighted by Gasteiger charge is 2.10. The minimum atomic E-state index is -0.219. The Morgan fingerprint density at radius 1 is 1.21 bits per heavy atom. The molecule has 0 unspecified atom stereocenters. The zero-order valence-corrected chi connectivity index (χ0v) is 13.4. The predicted molar refractivity (Wildman–Crippen MR) is 84.0 cm³/mol. The molecule has 5 heteroatoms. The maximum atomic E-state index is 11.9. The summed E-state index contributed by atoms with van der Waals surface area (Å²) in [6, 6.07) is 7.28. The van der Waals surface area contributed by atoms with Crippen molar-refractivity contribution in [2.24, 2.45) is 5.92 Å². The van der Waals surface area contributed by atoms with Crippen LogP contribution in [0.15, 0.2) is 24.3 Å². The summed E-state index contributed by atoms with van der Waals surface area (Å²) < 4.78 is 0.873. The van der Waals surface area contributed by atoms with Gasteiger partial charge in [-0.25, -0.2) is 0 Å². The van der Waals surface area contributed by atoms with E-state index in [9.17, 15) is 9.59 Å². The van der Waals surface area contributed by atoms with Crippen LogP contribution < -0.4 is 10.6 Å². The Morgan fingerprint density at radius 2 is 1.89 bits per heavy atom. The van der Waals surface area contributed by atoms with E-state index in [-0.39, 0.29) is 18.4 Å². The van der Waals surface area contributed by atoms with Crippen molar-refractivity contribution in [3.63, 3.8) is 0 Å². The molecule has 0 radical (unpaired) electrons. The first-order valence-corrected chi connectivity index (χ1v) is 7.38. The van der Waals surface area contributed by atoms with Crippen LogP contribution in [0, 0.1) is 9.49 Å². The van der Waals surface area contributed by atoms with Gasteiger partial charge in [-0.3, -0.25) is 9.59 Å². The Kier molecular flexibility index (Phi) is 6.83. The monoisotopic (exact) mass is 374 g/mol. The zero-order chi connectivity index (χ0) is 14.3. The molecule has 0 bridgehead atoms. The predicted octanol–water partition coefficient (Wildman–Crippen LogP) is 2.18. The summed E-state index contributed by atoms with van der Waals surface area (Å²) in [5, 5.41) is 5.40. The first-order valence-electron chi connectivity index (χ1n) is 6.30. The van der Waals surface area contributed by atoms with Crippen LogP contribution in [-0.4, -0.2) is 24.9 Å². The average Bonchev–Trinajstić information content (AvgIpc) is 2.36. The summed E-state index contributed by atoms with van der Waals surface area (Å²) in [7, 11) is 0. The highest BCUT2D eigenvalue weighted by Crippen LogP contribution is 2.10. The Morgan fingerprint density at radius 3 is 2.53 bits per heavy atom. The number of benzene rings is 1. The molecule has 0 saturated carbocycles. The molecule has 19 heavy (non-hydrogen) atoms. The van der Waals surface area contributed by atoms with Gasteiger partial charge in [-0.15, -0.1) is 0 Å². The van der Waals surface area contributed by atoms with Crippen LogP contribution in [-0.2, 0) is 4.79 Å². The van der Waals surface area contributed by atoms with Crippen LogP contribution in [0.5, 0.6) is 0 Å². The molecular weight excluding hydrogens is 355 g/mol. The number of amides is 2. The number of hydrogen-bond acceptors (Lipinski definition) is 2. The number of carbonyl (C=O) groups excluding carboxylic acids is 2. The van der Waals surface area contributed by atoms with Crippen molar-refractivity contribution in [2.45, 2.75) is 20.3 Å². The molecule has 0 heterocycles. The Balaban J connectivity index is 2.34. The smallest absolute Gasteiger partial charge is 0.252 e. The van der Waals surface area contributed by atoms with Crippen LogP contribution in [0.2, 0.25) is 0 Å². The van der Waals surface area contributed by atoms with Crippen LogP contribution in [0.4, 0.5) is 0 Å². The van der Waals surface area contributed by atoms with Gasteiger partial charge in [-0.2, -0.15) is 0 Å². The molecule has 1 rings (SSSR count). The van der Waals surface area contributed by atoms with Crippen LogP contribution in [0.25, 0.3) is 0 Å². The Hall–Kier alpha value is -1.11. The molecule has 1 aromatic rings. The third-order valence-electron chi connectivity index (χ3n) is 2.57. The van der Waals surface area contributed by atoms with E-state index in [0.29, 0.717) is 18.0 Å². The maximum Gasteiger partial charge on any atom is 0.252 e. The third-order valence-corrected chi connectivity index (χ3v) is 3.51. The van der Waals surface area contributed by atoms with E-state index in [1.165, 1.54) is 0 Å². The lowest BCUT2D eigenvalue weighted by Gasteiger charge is -2.09. The standard InChI is InChI=1S/C14H19IN2O2/c1-10(2)7-8-16-13(18)9-17-14(19)11-5-3-4-6-12(11)15/h3-6,10H,7-9H2,1-2H3,(H,16,18)(H,17,19). The second-order valence-electron chi connectivity index (χ2n) is 4.69. The summed E-state index contributed by atoms with van der Waals surface area (Å²) in [4.78, 5) is 23.4. The van der Waals surface area contributed by atoms with Gasteiger partial charge in [0.05, 0.1) is 12.1 Å². The van der Waals surface area contributed by atoms with Gasteiger partial charge in [0.15, 0.2) is 0 Å². The fraction of sp³-hybridized carbons (Fsp3) is 0.429. The van der Waals surface area contributed by atoms with Crippen molar-refractivity contribution in [1.82, 2.24) is 10.6 Å². The average molecular weight is 374 g/mol. The van der Waals surface area contributed by atoms with E-state index in [4.69, 9.17) is 0 Å². The Labute approximate surface area is 127 Å². The van der Waals surface area contributed by atoms with E-state index in [1.807, 2.05) is 12.1 Å². The summed E-state index contributed by atoms with van der Waals surface area (Å²) in [5.74, 6) is 0.185. The SMILES string of the molecule is CC(C)CCNC(=O)CNC(=O)c1ccccc1I. The van der Waals surface area contributed by atoms with Gasteiger partial charge in [0.1, 0.15) is 0 Å². The highest BCUT2D eigenvalue weighted by molar-refractivity contribution is 14.1. The molecule has 0 aromatic heterocycles. The highest BCUT2D eigenvalue weighted by atomic mass is 127. The molecule has 0 fully saturated rings.